The van der Waals surface area contributed by atoms with Crippen LogP contribution in [0.2, 0.25) is 5.02 Å². The lowest BCUT2D eigenvalue weighted by Gasteiger charge is -2.20. The van der Waals surface area contributed by atoms with Crippen LogP contribution in [0, 0.1) is 11.3 Å². The van der Waals surface area contributed by atoms with Crippen molar-refractivity contribution >= 4 is 11.6 Å². The Balaban J connectivity index is 2.43. The highest BCUT2D eigenvalue weighted by Crippen LogP contribution is 2.38. The Morgan fingerprint density at radius 2 is 1.85 bits per heavy atom. The summed E-state index contributed by atoms with van der Waals surface area (Å²) in [5.41, 5.74) is 1.96. The molecule has 102 valence electrons. The van der Waals surface area contributed by atoms with Crippen molar-refractivity contribution in [1.82, 2.24) is 0 Å². The molecule has 0 heterocycles. The van der Waals surface area contributed by atoms with Crippen LogP contribution in [0.25, 0.3) is 0 Å². The molecular weight excluding hydrogens is 270 g/mol. The predicted molar refractivity (Wildman–Crippen MR) is 81.2 cm³/mol. The highest BCUT2D eigenvalue weighted by atomic mass is 35.5. The molecule has 0 bridgehead atoms. The number of halogens is 1. The van der Waals surface area contributed by atoms with E-state index < -0.39 is 0 Å². The van der Waals surface area contributed by atoms with E-state index in [2.05, 4.69) is 6.07 Å². The third-order valence-corrected chi connectivity index (χ3v) is 3.73. The molecule has 2 rings (SSSR count). The molecule has 2 aromatic carbocycles. The van der Waals surface area contributed by atoms with Gasteiger partial charge in [-0.2, -0.15) is 5.26 Å². The first-order valence-corrected chi connectivity index (χ1v) is 6.83. The topological polar surface area (TPSA) is 33.0 Å². The molecule has 3 heteroatoms. The molecule has 0 saturated heterocycles. The molecule has 0 radical (unpaired) electrons. The third-order valence-electron chi connectivity index (χ3n) is 3.49. The molecule has 0 fully saturated rings. The molecule has 2 nitrogen and oxygen atoms in total. The van der Waals surface area contributed by atoms with Crippen LogP contribution in [0.5, 0.6) is 5.75 Å². The zero-order valence-electron chi connectivity index (χ0n) is 11.5. The van der Waals surface area contributed by atoms with Gasteiger partial charge in [0.15, 0.2) is 0 Å². The zero-order chi connectivity index (χ0) is 14.5. The zero-order valence-corrected chi connectivity index (χ0v) is 12.3. The molecule has 20 heavy (non-hydrogen) atoms. The highest BCUT2D eigenvalue weighted by Gasteiger charge is 2.24. The predicted octanol–water partition coefficient (Wildman–Crippen LogP) is 4.76. The summed E-state index contributed by atoms with van der Waals surface area (Å²) in [6, 6.07) is 17.8. The van der Waals surface area contributed by atoms with Crippen LogP contribution in [0.3, 0.4) is 0 Å². The minimum Gasteiger partial charge on any atom is -0.496 e. The smallest absolute Gasteiger partial charge is 0.123 e. The maximum Gasteiger partial charge on any atom is 0.123 e. The number of methoxy groups -OCH3 is 1. The second-order valence-corrected chi connectivity index (χ2v) is 5.13. The summed E-state index contributed by atoms with van der Waals surface area (Å²) in [5.74, 6) is 0.461. The van der Waals surface area contributed by atoms with Gasteiger partial charge in [-0.3, -0.25) is 0 Å². The average molecular weight is 286 g/mol. The second-order valence-electron chi connectivity index (χ2n) is 4.69. The Bertz CT molecular complexity index is 619. The third kappa shape index (κ3) is 2.95. The average Bonchev–Trinajstić information content (AvgIpc) is 2.49. The fraction of sp³-hybridized carbons (Fsp3) is 0.235. The van der Waals surface area contributed by atoms with Crippen molar-refractivity contribution in [2.75, 3.05) is 7.11 Å². The van der Waals surface area contributed by atoms with Crippen molar-refractivity contribution in [2.45, 2.75) is 18.8 Å². The van der Waals surface area contributed by atoms with Crippen molar-refractivity contribution < 1.29 is 4.74 Å². The van der Waals surface area contributed by atoms with E-state index in [9.17, 15) is 5.26 Å². The van der Waals surface area contributed by atoms with Crippen LogP contribution in [0.1, 0.15) is 29.9 Å². The minimum absolute atomic E-state index is 0.0635. The Morgan fingerprint density at radius 1 is 1.15 bits per heavy atom. The molecule has 2 atom stereocenters. The van der Waals surface area contributed by atoms with Gasteiger partial charge in [-0.1, -0.05) is 48.9 Å². The van der Waals surface area contributed by atoms with Gasteiger partial charge in [-0.05, 0) is 23.8 Å². The summed E-state index contributed by atoms with van der Waals surface area (Å²) < 4.78 is 5.36. The number of nitrogens with zero attached hydrogens (tertiary/aromatic N) is 1. The normalized spacial score (nSPS) is 13.3. The van der Waals surface area contributed by atoms with E-state index in [0.717, 1.165) is 11.1 Å². The lowest BCUT2D eigenvalue weighted by Crippen LogP contribution is -2.08. The molecule has 0 aliphatic rings. The number of rotatable bonds is 4. The van der Waals surface area contributed by atoms with Crippen molar-refractivity contribution in [2.24, 2.45) is 0 Å². The van der Waals surface area contributed by atoms with Gasteiger partial charge in [0.25, 0.3) is 0 Å². The highest BCUT2D eigenvalue weighted by molar-refractivity contribution is 6.30. The Kier molecular flexibility index (Phi) is 4.65. The summed E-state index contributed by atoms with van der Waals surface area (Å²) in [6.45, 7) is 2.05. The largest absolute Gasteiger partial charge is 0.496 e. The maximum atomic E-state index is 9.57. The van der Waals surface area contributed by atoms with Crippen LogP contribution in [-0.4, -0.2) is 7.11 Å². The molecule has 2 unspecified atom stereocenters. The van der Waals surface area contributed by atoms with Crippen molar-refractivity contribution in [3.8, 4) is 11.8 Å². The van der Waals surface area contributed by atoms with E-state index in [0.29, 0.717) is 10.8 Å². The summed E-state index contributed by atoms with van der Waals surface area (Å²) in [7, 11) is 1.61. The van der Waals surface area contributed by atoms with Gasteiger partial charge in [0.05, 0.1) is 19.1 Å². The van der Waals surface area contributed by atoms with E-state index >= 15 is 0 Å². The van der Waals surface area contributed by atoms with Crippen molar-refractivity contribution in [3.05, 3.63) is 64.7 Å². The van der Waals surface area contributed by atoms with E-state index in [1.54, 1.807) is 19.2 Å². The minimum atomic E-state index is -0.300. The fourth-order valence-electron chi connectivity index (χ4n) is 2.35. The van der Waals surface area contributed by atoms with Crippen LogP contribution in [0.15, 0.2) is 48.5 Å². The molecule has 0 aromatic heterocycles. The Hall–Kier alpha value is -1.98. The number of nitriles is 1. The molecular formula is C17H16ClNO. The molecule has 2 aromatic rings. The number of ether oxygens (including phenoxy) is 1. The Labute approximate surface area is 124 Å². The number of benzene rings is 2. The fourth-order valence-corrected chi connectivity index (χ4v) is 2.53. The quantitative estimate of drug-likeness (QED) is 0.811. The molecule has 0 saturated carbocycles. The van der Waals surface area contributed by atoms with Crippen molar-refractivity contribution in [3.63, 3.8) is 0 Å². The van der Waals surface area contributed by atoms with Gasteiger partial charge in [-0.25, -0.2) is 0 Å². The van der Waals surface area contributed by atoms with Crippen LogP contribution < -0.4 is 4.74 Å². The van der Waals surface area contributed by atoms with Gasteiger partial charge in [-0.15, -0.1) is 0 Å². The van der Waals surface area contributed by atoms with Gasteiger partial charge < -0.3 is 4.74 Å². The summed E-state index contributed by atoms with van der Waals surface area (Å²) in [4.78, 5) is 0. The second kappa shape index (κ2) is 6.45. The lowest BCUT2D eigenvalue weighted by atomic mass is 9.83. The molecule has 0 amide bonds. The van der Waals surface area contributed by atoms with E-state index in [4.69, 9.17) is 16.3 Å². The molecule has 0 aliphatic carbocycles. The van der Waals surface area contributed by atoms with Crippen molar-refractivity contribution in [1.29, 1.82) is 5.26 Å². The van der Waals surface area contributed by atoms with E-state index in [-0.39, 0.29) is 11.8 Å². The summed E-state index contributed by atoms with van der Waals surface area (Å²) >= 11 is 6.06. The van der Waals surface area contributed by atoms with E-state index in [1.807, 2.05) is 43.3 Å². The van der Waals surface area contributed by atoms with Gasteiger partial charge in [0.1, 0.15) is 5.75 Å². The standard InChI is InChI=1S/C17H16ClNO/c1-12(13-6-4-3-5-7-13)16(11-19)15-10-14(18)8-9-17(15)20-2/h3-10,12,16H,1-2H3. The maximum absolute atomic E-state index is 9.57. The molecule has 0 aliphatic heterocycles. The van der Waals surface area contributed by atoms with Gasteiger partial charge >= 0.3 is 0 Å². The Morgan fingerprint density at radius 3 is 2.45 bits per heavy atom. The first-order chi connectivity index (χ1) is 9.67. The van der Waals surface area contributed by atoms with Crippen LogP contribution in [-0.2, 0) is 0 Å². The molecule has 0 spiro atoms. The van der Waals surface area contributed by atoms with Crippen LogP contribution in [0.4, 0.5) is 0 Å². The monoisotopic (exact) mass is 285 g/mol. The van der Waals surface area contributed by atoms with Gasteiger partial charge in [0.2, 0.25) is 0 Å². The first kappa shape index (κ1) is 14.4. The molecule has 0 N–H and O–H groups in total. The summed E-state index contributed by atoms with van der Waals surface area (Å²) in [5, 5.41) is 10.2. The number of hydrogen-bond donors (Lipinski definition) is 0. The first-order valence-electron chi connectivity index (χ1n) is 6.45. The summed E-state index contributed by atoms with van der Waals surface area (Å²) in [6.07, 6.45) is 0. The SMILES string of the molecule is COc1ccc(Cl)cc1C(C#N)C(C)c1ccccc1. The van der Waals surface area contributed by atoms with E-state index in [1.165, 1.54) is 0 Å². The number of hydrogen-bond acceptors (Lipinski definition) is 2. The lowest BCUT2D eigenvalue weighted by molar-refractivity contribution is 0.406. The van der Waals surface area contributed by atoms with Gasteiger partial charge in [0, 0.05) is 16.5 Å². The van der Waals surface area contributed by atoms with Crippen LogP contribution >= 0.6 is 11.6 Å².